The van der Waals surface area contributed by atoms with Crippen LogP contribution in [0.25, 0.3) is 0 Å². The molecule has 1 fully saturated rings. The lowest BCUT2D eigenvalue weighted by Gasteiger charge is -2.23. The third-order valence-electron chi connectivity index (χ3n) is 2.00. The highest BCUT2D eigenvalue weighted by molar-refractivity contribution is 5.68. The Morgan fingerprint density at radius 3 is 2.92 bits per heavy atom. The molecule has 12 heavy (non-hydrogen) atoms. The average molecular weight is 176 g/mol. The largest absolute Gasteiger partial charge is 0.480 e. The van der Waals surface area contributed by atoms with E-state index < -0.39 is 12.1 Å². The van der Waals surface area contributed by atoms with Crippen LogP contribution in [0.4, 0.5) is 4.39 Å². The molecule has 0 amide bonds. The minimum Gasteiger partial charge on any atom is -0.480 e. The number of alkyl halides is 1. The molecule has 0 aromatic carbocycles. The van der Waals surface area contributed by atoms with Gasteiger partial charge in [-0.3, -0.25) is 0 Å². The highest BCUT2D eigenvalue weighted by atomic mass is 19.1. The third kappa shape index (κ3) is 3.17. The zero-order valence-corrected chi connectivity index (χ0v) is 6.83. The topological polar surface area (TPSA) is 46.5 Å². The highest BCUT2D eigenvalue weighted by Gasteiger charge is 2.22. The van der Waals surface area contributed by atoms with Crippen LogP contribution in [0.5, 0.6) is 0 Å². The standard InChI is InChI=1S/C8H13FO3/c9-6-2-1-3-7(4-6)12-5-8(10)11/h6-7H,1-5H2,(H,10,11). The summed E-state index contributed by atoms with van der Waals surface area (Å²) in [6.45, 7) is -0.308. The van der Waals surface area contributed by atoms with Gasteiger partial charge in [0, 0.05) is 6.42 Å². The average Bonchev–Trinajstić information content (AvgIpc) is 2.01. The highest BCUT2D eigenvalue weighted by Crippen LogP contribution is 2.23. The second kappa shape index (κ2) is 4.40. The quantitative estimate of drug-likeness (QED) is 0.706. The molecule has 4 heteroatoms. The summed E-state index contributed by atoms with van der Waals surface area (Å²) in [6.07, 6.45) is 1.53. The van der Waals surface area contributed by atoms with Gasteiger partial charge in [0.15, 0.2) is 0 Å². The predicted molar refractivity (Wildman–Crippen MR) is 40.7 cm³/mol. The van der Waals surface area contributed by atoms with E-state index in [1.165, 1.54) is 0 Å². The Kier molecular flexibility index (Phi) is 3.47. The number of halogens is 1. The fraction of sp³-hybridized carbons (Fsp3) is 0.875. The minimum absolute atomic E-state index is 0.190. The van der Waals surface area contributed by atoms with E-state index in [2.05, 4.69) is 0 Å². The number of carboxylic acid groups (broad SMARTS) is 1. The van der Waals surface area contributed by atoms with Crippen LogP contribution in [0, 0.1) is 0 Å². The summed E-state index contributed by atoms with van der Waals surface area (Å²) in [5, 5.41) is 8.29. The number of hydrogen-bond donors (Lipinski definition) is 1. The van der Waals surface area contributed by atoms with Gasteiger partial charge in [0.1, 0.15) is 12.8 Å². The zero-order chi connectivity index (χ0) is 8.97. The van der Waals surface area contributed by atoms with Crippen molar-refractivity contribution in [2.45, 2.75) is 38.0 Å². The van der Waals surface area contributed by atoms with Gasteiger partial charge >= 0.3 is 5.97 Å². The Labute approximate surface area is 70.5 Å². The number of hydrogen-bond acceptors (Lipinski definition) is 2. The summed E-state index contributed by atoms with van der Waals surface area (Å²) in [6, 6.07) is 0. The molecule has 0 aromatic rings. The monoisotopic (exact) mass is 176 g/mol. The van der Waals surface area contributed by atoms with E-state index in [1.807, 2.05) is 0 Å². The molecule has 0 aromatic heterocycles. The normalized spacial score (nSPS) is 30.1. The van der Waals surface area contributed by atoms with Crippen LogP contribution in [0.15, 0.2) is 0 Å². The van der Waals surface area contributed by atoms with Gasteiger partial charge in [-0.2, -0.15) is 0 Å². The van der Waals surface area contributed by atoms with Gasteiger partial charge in [-0.05, 0) is 19.3 Å². The first-order chi connectivity index (χ1) is 5.68. The number of carboxylic acids is 1. The summed E-state index contributed by atoms with van der Waals surface area (Å²) in [5.74, 6) is -0.990. The van der Waals surface area contributed by atoms with Crippen molar-refractivity contribution in [2.75, 3.05) is 6.61 Å². The molecule has 0 aliphatic heterocycles. The molecular formula is C8H13FO3. The van der Waals surface area contributed by atoms with Crippen LogP contribution >= 0.6 is 0 Å². The maximum absolute atomic E-state index is 12.7. The van der Waals surface area contributed by atoms with Gasteiger partial charge in [0.2, 0.25) is 0 Å². The SMILES string of the molecule is O=C(O)COC1CCCC(F)C1. The maximum Gasteiger partial charge on any atom is 0.329 e. The van der Waals surface area contributed by atoms with E-state index >= 15 is 0 Å². The van der Waals surface area contributed by atoms with Crippen molar-refractivity contribution in [1.29, 1.82) is 0 Å². The van der Waals surface area contributed by atoms with Crippen molar-refractivity contribution in [3.8, 4) is 0 Å². The smallest absolute Gasteiger partial charge is 0.329 e. The lowest BCUT2D eigenvalue weighted by atomic mass is 9.96. The second-order valence-corrected chi connectivity index (χ2v) is 3.09. The molecule has 1 aliphatic rings. The van der Waals surface area contributed by atoms with Crippen molar-refractivity contribution in [3.63, 3.8) is 0 Å². The third-order valence-corrected chi connectivity index (χ3v) is 2.00. The van der Waals surface area contributed by atoms with Crippen LogP contribution < -0.4 is 0 Å². The molecule has 1 N–H and O–H groups in total. The van der Waals surface area contributed by atoms with Gasteiger partial charge in [0.25, 0.3) is 0 Å². The van der Waals surface area contributed by atoms with Crippen LogP contribution in [-0.4, -0.2) is 30.0 Å². The van der Waals surface area contributed by atoms with Crippen LogP contribution in [-0.2, 0) is 9.53 Å². The van der Waals surface area contributed by atoms with Gasteiger partial charge < -0.3 is 9.84 Å². The molecule has 1 rings (SSSR count). The zero-order valence-electron chi connectivity index (χ0n) is 6.83. The molecule has 0 bridgehead atoms. The summed E-state index contributed by atoms with van der Waals surface area (Å²) >= 11 is 0. The van der Waals surface area contributed by atoms with Gasteiger partial charge in [0.05, 0.1) is 6.10 Å². The summed E-state index contributed by atoms with van der Waals surface area (Å²) in [5.41, 5.74) is 0. The molecule has 2 unspecified atom stereocenters. The molecule has 0 heterocycles. The van der Waals surface area contributed by atoms with E-state index in [4.69, 9.17) is 9.84 Å². The fourth-order valence-electron chi connectivity index (χ4n) is 1.43. The molecular weight excluding hydrogens is 163 g/mol. The van der Waals surface area contributed by atoms with Crippen LogP contribution in [0.2, 0.25) is 0 Å². The van der Waals surface area contributed by atoms with Crippen molar-refractivity contribution in [2.24, 2.45) is 0 Å². The molecule has 3 nitrogen and oxygen atoms in total. The first-order valence-corrected chi connectivity index (χ1v) is 4.16. The number of rotatable bonds is 3. The Bertz CT molecular complexity index is 160. The van der Waals surface area contributed by atoms with Crippen molar-refractivity contribution in [3.05, 3.63) is 0 Å². The van der Waals surface area contributed by atoms with Crippen molar-refractivity contribution in [1.82, 2.24) is 0 Å². The van der Waals surface area contributed by atoms with Crippen molar-refractivity contribution < 1.29 is 19.0 Å². The molecule has 0 spiro atoms. The summed E-state index contributed by atoms with van der Waals surface area (Å²) < 4.78 is 17.7. The Morgan fingerprint density at radius 1 is 1.58 bits per heavy atom. The number of aliphatic carboxylic acids is 1. The Hall–Kier alpha value is -0.640. The van der Waals surface area contributed by atoms with E-state index in [1.54, 1.807) is 0 Å². The molecule has 0 saturated heterocycles. The minimum atomic E-state index is -0.990. The molecule has 0 radical (unpaired) electrons. The molecule has 1 aliphatic carbocycles. The van der Waals surface area contributed by atoms with E-state index in [0.717, 1.165) is 12.8 Å². The van der Waals surface area contributed by atoms with Crippen molar-refractivity contribution >= 4 is 5.97 Å². The van der Waals surface area contributed by atoms with Gasteiger partial charge in [-0.25, -0.2) is 9.18 Å². The maximum atomic E-state index is 12.7. The Balaban J connectivity index is 2.18. The van der Waals surface area contributed by atoms with Gasteiger partial charge in [-0.15, -0.1) is 0 Å². The van der Waals surface area contributed by atoms with Crippen LogP contribution in [0.3, 0.4) is 0 Å². The lowest BCUT2D eigenvalue weighted by molar-refractivity contribution is -0.145. The number of carbonyl (C=O) groups is 1. The van der Waals surface area contributed by atoms with Gasteiger partial charge in [-0.1, -0.05) is 0 Å². The Morgan fingerprint density at radius 2 is 2.33 bits per heavy atom. The first-order valence-electron chi connectivity index (χ1n) is 4.16. The summed E-state index contributed by atoms with van der Waals surface area (Å²) in [7, 11) is 0. The fourth-order valence-corrected chi connectivity index (χ4v) is 1.43. The molecule has 1 saturated carbocycles. The first kappa shape index (κ1) is 9.45. The summed E-state index contributed by atoms with van der Waals surface area (Å²) in [4.78, 5) is 10.1. The second-order valence-electron chi connectivity index (χ2n) is 3.09. The predicted octanol–water partition coefficient (Wildman–Crippen LogP) is 1.37. The van der Waals surface area contributed by atoms with Crippen LogP contribution in [0.1, 0.15) is 25.7 Å². The molecule has 70 valence electrons. The van der Waals surface area contributed by atoms with E-state index in [9.17, 15) is 9.18 Å². The van der Waals surface area contributed by atoms with E-state index in [-0.39, 0.29) is 12.7 Å². The van der Waals surface area contributed by atoms with E-state index in [0.29, 0.717) is 12.8 Å². The number of ether oxygens (including phenoxy) is 1. The molecule has 2 atom stereocenters. The lowest BCUT2D eigenvalue weighted by Crippen LogP contribution is -2.25.